The normalized spacial score (nSPS) is 20.8. The van der Waals surface area contributed by atoms with E-state index in [0.717, 1.165) is 19.6 Å². The lowest BCUT2D eigenvalue weighted by atomic mass is 10.1. The van der Waals surface area contributed by atoms with E-state index in [1.54, 1.807) is 0 Å². The van der Waals surface area contributed by atoms with Crippen molar-refractivity contribution in [3.05, 3.63) is 33.8 Å². The van der Waals surface area contributed by atoms with Crippen LogP contribution in [0.5, 0.6) is 0 Å². The van der Waals surface area contributed by atoms with Gasteiger partial charge in [-0.15, -0.1) is 0 Å². The Hall–Kier alpha value is -0.280. The predicted molar refractivity (Wildman–Crippen MR) is 73.8 cm³/mol. The molecule has 1 aliphatic rings. The van der Waals surface area contributed by atoms with Crippen molar-refractivity contribution in [1.82, 2.24) is 10.2 Å². The van der Waals surface area contributed by atoms with Crippen LogP contribution in [0.1, 0.15) is 18.4 Å². The molecule has 1 saturated heterocycles. The summed E-state index contributed by atoms with van der Waals surface area (Å²) in [5.41, 5.74) is 1.22. The Balaban J connectivity index is 1.96. The van der Waals surface area contributed by atoms with Crippen molar-refractivity contribution in [3.8, 4) is 0 Å². The maximum Gasteiger partial charge on any atom is 0.0595 e. The van der Waals surface area contributed by atoms with Gasteiger partial charge in [0.15, 0.2) is 0 Å². The highest BCUT2D eigenvalue weighted by molar-refractivity contribution is 6.42. The highest BCUT2D eigenvalue weighted by Gasteiger charge is 2.17. The van der Waals surface area contributed by atoms with E-state index < -0.39 is 0 Å². The molecule has 17 heavy (non-hydrogen) atoms. The molecule has 0 radical (unpaired) electrons. The van der Waals surface area contributed by atoms with Crippen LogP contribution in [0.25, 0.3) is 0 Å². The van der Waals surface area contributed by atoms with Gasteiger partial charge in [-0.1, -0.05) is 29.3 Å². The van der Waals surface area contributed by atoms with Crippen LogP contribution in [0.4, 0.5) is 0 Å². The number of likely N-dealkylation sites (N-methyl/N-ethyl adjacent to an activating group) is 1. The predicted octanol–water partition coefficient (Wildman–Crippen LogP) is 3.18. The van der Waals surface area contributed by atoms with E-state index in [9.17, 15) is 0 Å². The van der Waals surface area contributed by atoms with Gasteiger partial charge < -0.3 is 5.32 Å². The van der Waals surface area contributed by atoms with Gasteiger partial charge in [0, 0.05) is 19.1 Å². The molecule has 1 fully saturated rings. The van der Waals surface area contributed by atoms with Gasteiger partial charge in [0.1, 0.15) is 0 Å². The Morgan fingerprint density at radius 2 is 2.18 bits per heavy atom. The van der Waals surface area contributed by atoms with Crippen LogP contribution >= 0.6 is 23.2 Å². The lowest BCUT2D eigenvalue weighted by Crippen LogP contribution is -2.43. The fraction of sp³-hybridized carbons (Fsp3) is 0.538. The average molecular weight is 273 g/mol. The second-order valence-electron chi connectivity index (χ2n) is 4.66. The Kier molecular flexibility index (Phi) is 4.69. The van der Waals surface area contributed by atoms with Crippen LogP contribution in [-0.4, -0.2) is 31.1 Å². The number of benzene rings is 1. The third kappa shape index (κ3) is 3.59. The molecule has 1 aromatic rings. The van der Waals surface area contributed by atoms with Crippen LogP contribution in [0.15, 0.2) is 18.2 Å². The monoisotopic (exact) mass is 272 g/mol. The summed E-state index contributed by atoms with van der Waals surface area (Å²) in [4.78, 5) is 2.38. The first-order valence-electron chi connectivity index (χ1n) is 6.01. The molecular formula is C13H18Cl2N2. The molecule has 1 aliphatic heterocycles. The summed E-state index contributed by atoms with van der Waals surface area (Å²) >= 11 is 11.9. The first kappa shape index (κ1) is 13.2. The molecule has 2 nitrogen and oxygen atoms in total. The number of hydrogen-bond donors (Lipinski definition) is 1. The summed E-state index contributed by atoms with van der Waals surface area (Å²) < 4.78 is 0. The molecule has 1 aromatic carbocycles. The smallest absolute Gasteiger partial charge is 0.0595 e. The highest BCUT2D eigenvalue weighted by atomic mass is 35.5. The van der Waals surface area contributed by atoms with Crippen molar-refractivity contribution in [2.45, 2.75) is 25.4 Å². The molecule has 1 atom stereocenters. The molecule has 0 spiro atoms. The summed E-state index contributed by atoms with van der Waals surface area (Å²) in [6, 6.07) is 6.49. The van der Waals surface area contributed by atoms with E-state index in [-0.39, 0.29) is 0 Å². The molecular weight excluding hydrogens is 255 g/mol. The first-order valence-corrected chi connectivity index (χ1v) is 6.77. The van der Waals surface area contributed by atoms with E-state index in [0.29, 0.717) is 16.1 Å². The zero-order valence-corrected chi connectivity index (χ0v) is 11.6. The average Bonchev–Trinajstić information content (AvgIpc) is 2.35. The number of rotatable bonds is 3. The van der Waals surface area contributed by atoms with Gasteiger partial charge in [0.05, 0.1) is 10.0 Å². The van der Waals surface area contributed by atoms with E-state index in [4.69, 9.17) is 23.2 Å². The number of halogens is 2. The zero-order chi connectivity index (χ0) is 12.3. The van der Waals surface area contributed by atoms with Gasteiger partial charge in [-0.05, 0) is 44.1 Å². The second kappa shape index (κ2) is 6.05. The number of nitrogens with one attached hydrogen (secondary N) is 1. The van der Waals surface area contributed by atoms with Gasteiger partial charge in [0.2, 0.25) is 0 Å². The van der Waals surface area contributed by atoms with Gasteiger partial charge in [0.25, 0.3) is 0 Å². The van der Waals surface area contributed by atoms with Crippen molar-refractivity contribution in [1.29, 1.82) is 0 Å². The van der Waals surface area contributed by atoms with Crippen LogP contribution in [0.3, 0.4) is 0 Å². The largest absolute Gasteiger partial charge is 0.315 e. The van der Waals surface area contributed by atoms with Gasteiger partial charge >= 0.3 is 0 Å². The Morgan fingerprint density at radius 1 is 1.35 bits per heavy atom. The van der Waals surface area contributed by atoms with Crippen molar-refractivity contribution in [2.24, 2.45) is 0 Å². The maximum atomic E-state index is 6.02. The minimum atomic E-state index is 0.623. The minimum absolute atomic E-state index is 0.623. The molecule has 0 unspecified atom stereocenters. The van der Waals surface area contributed by atoms with Crippen molar-refractivity contribution < 1.29 is 0 Å². The fourth-order valence-corrected chi connectivity index (χ4v) is 2.59. The standard InChI is InChI=1S/C13H18Cl2N2/c1-17(11-3-2-6-16-8-11)9-10-4-5-12(14)13(15)7-10/h4-5,7,11,16H,2-3,6,8-9H2,1H3/t11-/m1/s1. The summed E-state index contributed by atoms with van der Waals surface area (Å²) in [6.07, 6.45) is 2.53. The first-order chi connectivity index (χ1) is 8.16. The quantitative estimate of drug-likeness (QED) is 0.910. The molecule has 1 N–H and O–H groups in total. The number of piperidine rings is 1. The van der Waals surface area contributed by atoms with E-state index in [1.165, 1.54) is 18.4 Å². The SMILES string of the molecule is CN(Cc1ccc(Cl)c(Cl)c1)[C@@H]1CCCNC1. The molecule has 0 amide bonds. The van der Waals surface area contributed by atoms with Gasteiger partial charge in [-0.3, -0.25) is 4.90 Å². The maximum absolute atomic E-state index is 6.02. The zero-order valence-electron chi connectivity index (χ0n) is 10.0. The van der Waals surface area contributed by atoms with Gasteiger partial charge in [-0.2, -0.15) is 0 Å². The van der Waals surface area contributed by atoms with E-state index in [1.807, 2.05) is 18.2 Å². The molecule has 0 aromatic heterocycles. The van der Waals surface area contributed by atoms with Gasteiger partial charge in [-0.25, -0.2) is 0 Å². The third-order valence-corrected chi connectivity index (χ3v) is 4.05. The van der Waals surface area contributed by atoms with Crippen LogP contribution in [0.2, 0.25) is 10.0 Å². The van der Waals surface area contributed by atoms with Crippen LogP contribution < -0.4 is 5.32 Å². The molecule has 4 heteroatoms. The van der Waals surface area contributed by atoms with Crippen LogP contribution in [0, 0.1) is 0 Å². The summed E-state index contributed by atoms with van der Waals surface area (Å²) in [7, 11) is 2.17. The Morgan fingerprint density at radius 3 is 2.82 bits per heavy atom. The summed E-state index contributed by atoms with van der Waals surface area (Å²) in [6.45, 7) is 3.15. The molecule has 0 aliphatic carbocycles. The number of hydrogen-bond acceptors (Lipinski definition) is 2. The number of nitrogens with zero attached hydrogens (tertiary/aromatic N) is 1. The molecule has 0 bridgehead atoms. The highest BCUT2D eigenvalue weighted by Crippen LogP contribution is 2.23. The molecule has 94 valence electrons. The lowest BCUT2D eigenvalue weighted by molar-refractivity contribution is 0.196. The lowest BCUT2D eigenvalue weighted by Gasteiger charge is -2.31. The molecule has 0 saturated carbocycles. The molecule has 2 rings (SSSR count). The Bertz CT molecular complexity index is 376. The Labute approximate surface area is 113 Å². The van der Waals surface area contributed by atoms with E-state index >= 15 is 0 Å². The van der Waals surface area contributed by atoms with Crippen molar-refractivity contribution >= 4 is 23.2 Å². The summed E-state index contributed by atoms with van der Waals surface area (Å²) in [5.74, 6) is 0. The topological polar surface area (TPSA) is 15.3 Å². The summed E-state index contributed by atoms with van der Waals surface area (Å²) in [5, 5.41) is 4.69. The van der Waals surface area contributed by atoms with Crippen LogP contribution in [-0.2, 0) is 6.54 Å². The van der Waals surface area contributed by atoms with Crippen molar-refractivity contribution in [3.63, 3.8) is 0 Å². The minimum Gasteiger partial charge on any atom is -0.315 e. The second-order valence-corrected chi connectivity index (χ2v) is 5.48. The molecule has 1 heterocycles. The van der Waals surface area contributed by atoms with Crippen molar-refractivity contribution in [2.75, 3.05) is 20.1 Å². The third-order valence-electron chi connectivity index (χ3n) is 3.31. The fourth-order valence-electron chi connectivity index (χ4n) is 2.26. The van der Waals surface area contributed by atoms with E-state index in [2.05, 4.69) is 17.3 Å².